The predicted molar refractivity (Wildman–Crippen MR) is 120 cm³/mol. The first-order valence-electron chi connectivity index (χ1n) is 11.2. The summed E-state index contributed by atoms with van der Waals surface area (Å²) in [7, 11) is 3.71. The lowest BCUT2D eigenvalue weighted by Gasteiger charge is -2.44. The molecule has 0 radical (unpaired) electrons. The molecule has 2 fully saturated rings. The maximum atomic E-state index is 14.9. The highest BCUT2D eigenvalue weighted by Gasteiger charge is 2.49. The molecule has 7 nitrogen and oxygen atoms in total. The Kier molecular flexibility index (Phi) is 3.90. The van der Waals surface area contributed by atoms with Gasteiger partial charge in [0.25, 0.3) is 0 Å². The molecule has 31 heavy (non-hydrogen) atoms. The van der Waals surface area contributed by atoms with Crippen molar-refractivity contribution in [2.45, 2.75) is 50.1 Å². The summed E-state index contributed by atoms with van der Waals surface area (Å²) in [5.74, 6) is 1.27. The van der Waals surface area contributed by atoms with Gasteiger partial charge in [0.05, 0.1) is 18.0 Å². The quantitative estimate of drug-likeness (QED) is 0.604. The number of nitrogens with two attached hydrogens (primary N) is 1. The maximum absolute atomic E-state index is 14.9. The van der Waals surface area contributed by atoms with Crippen LogP contribution in [-0.4, -0.2) is 61.9 Å². The number of aromatic amines is 1. The highest BCUT2D eigenvalue weighted by Crippen LogP contribution is 2.43. The van der Waals surface area contributed by atoms with Gasteiger partial charge in [0.2, 0.25) is 5.96 Å². The van der Waals surface area contributed by atoms with E-state index >= 15 is 0 Å². The molecule has 0 unspecified atom stereocenters. The molecule has 6 rings (SSSR count). The second-order valence-electron chi connectivity index (χ2n) is 8.83. The molecule has 0 aliphatic carbocycles. The number of nitrogens with zero attached hydrogens (tertiary/aromatic N) is 5. The van der Waals surface area contributed by atoms with Crippen molar-refractivity contribution < 1.29 is 5.76 Å². The van der Waals surface area contributed by atoms with E-state index in [0.717, 1.165) is 40.4 Å². The average molecular weight is 443 g/mol. The predicted octanol–water partition coefficient (Wildman–Crippen LogP) is 3.56. The molecule has 1 aromatic carbocycles. The van der Waals surface area contributed by atoms with Crippen LogP contribution >= 0.6 is 11.6 Å². The van der Waals surface area contributed by atoms with Gasteiger partial charge in [0.1, 0.15) is 12.0 Å². The van der Waals surface area contributed by atoms with Crippen molar-refractivity contribution in [2.75, 3.05) is 7.05 Å². The molecule has 162 valence electrons. The van der Waals surface area contributed by atoms with Gasteiger partial charge in [-0.2, -0.15) is 10.1 Å². The number of nitrogens with one attached hydrogen (secondary N) is 1. The third-order valence-corrected chi connectivity index (χ3v) is 7.28. The first-order chi connectivity index (χ1) is 15.3. The van der Waals surface area contributed by atoms with E-state index in [1.807, 2.05) is 43.5 Å². The molecular weight excluding hydrogens is 417 g/mol. The first-order valence-corrected chi connectivity index (χ1v) is 11.0. The summed E-state index contributed by atoms with van der Waals surface area (Å²) in [5.41, 5.74) is 9.30. The number of fused-ring (bicyclic) bond motifs is 4. The summed E-state index contributed by atoms with van der Waals surface area (Å²) < 4.78 is 25.6. The lowest BCUT2D eigenvalue weighted by atomic mass is 9.96. The molecule has 3 N–H and O–H groups in total. The zero-order valence-corrected chi connectivity index (χ0v) is 18.1. The van der Waals surface area contributed by atoms with E-state index in [1.54, 1.807) is 4.68 Å². The van der Waals surface area contributed by atoms with Gasteiger partial charge in [-0.1, -0.05) is 17.7 Å². The smallest absolute Gasteiger partial charge is 0.203 e. The van der Waals surface area contributed by atoms with Gasteiger partial charge in [-0.15, -0.1) is 0 Å². The number of H-pyrrole nitrogens is 1. The summed E-state index contributed by atoms with van der Waals surface area (Å²) in [5, 5.41) is 5.89. The van der Waals surface area contributed by atoms with Crippen molar-refractivity contribution >= 4 is 34.3 Å². The minimum Gasteiger partial charge on any atom is -0.346 e. The fourth-order valence-electron chi connectivity index (χ4n) is 5.42. The van der Waals surface area contributed by atoms with Crippen molar-refractivity contribution in [2.24, 2.45) is 17.8 Å². The lowest BCUT2D eigenvalue weighted by molar-refractivity contribution is 0.0928. The molecule has 3 aromatic rings. The first kappa shape index (κ1) is 18.0. The Morgan fingerprint density at radius 1 is 1.29 bits per heavy atom. The van der Waals surface area contributed by atoms with Crippen molar-refractivity contribution in [3.8, 4) is 11.1 Å². The molecule has 3 aliphatic heterocycles. The van der Waals surface area contributed by atoms with Gasteiger partial charge in [-0.05, 0) is 25.3 Å². The number of hydrogen-bond donors (Lipinski definition) is 2. The molecule has 2 saturated heterocycles. The van der Waals surface area contributed by atoms with Crippen LogP contribution in [0, 0.1) is 0 Å². The van der Waals surface area contributed by atoms with Crippen LogP contribution in [-0.2, 0) is 13.6 Å². The van der Waals surface area contributed by atoms with Gasteiger partial charge in [0, 0.05) is 67.2 Å². The Morgan fingerprint density at radius 2 is 2.13 bits per heavy atom. The second kappa shape index (κ2) is 6.71. The Balaban J connectivity index is 1.44. The van der Waals surface area contributed by atoms with Crippen LogP contribution in [0.1, 0.15) is 26.2 Å². The van der Waals surface area contributed by atoms with Crippen molar-refractivity contribution in [1.82, 2.24) is 24.6 Å². The maximum Gasteiger partial charge on any atom is 0.203 e. The van der Waals surface area contributed by atoms with Crippen LogP contribution in [0.5, 0.6) is 0 Å². The minimum absolute atomic E-state index is 0.161. The number of benzene rings is 1. The average Bonchev–Trinajstić information content (AvgIpc) is 3.44. The van der Waals surface area contributed by atoms with Crippen LogP contribution < -0.4 is 5.73 Å². The summed E-state index contributed by atoms with van der Waals surface area (Å²) in [4.78, 5) is 12.0. The van der Waals surface area contributed by atoms with Crippen LogP contribution in [0.3, 0.4) is 0 Å². The van der Waals surface area contributed by atoms with Crippen LogP contribution in [0.15, 0.2) is 29.5 Å². The van der Waals surface area contributed by atoms with Gasteiger partial charge in [-0.3, -0.25) is 4.68 Å². The number of alkyl halides is 1. The van der Waals surface area contributed by atoms with E-state index in [2.05, 4.69) is 15.0 Å². The number of guanidine groups is 1. The molecule has 0 spiro atoms. The summed E-state index contributed by atoms with van der Waals surface area (Å²) in [6, 6.07) is 3.32. The molecule has 0 amide bonds. The van der Waals surface area contributed by atoms with Crippen LogP contribution in [0.4, 0.5) is 10.2 Å². The monoisotopic (exact) mass is 442 g/mol. The standard InChI is InChI=1S/C22H25ClFN7/c1-29-9-14-13(12-4-5-17-15(19(12)23)10-30(2)28-17)8-26-21(14)27-22(29)31-11-3-6-18(31)20(24)16(25)7-11/h4-5,8,10-11,16,18,20,26H,3,6-7,9,25H2,1-2H3/t11-,16-,18+,20-/m1/s1/i9D/t9-,11-,16-,18+,20-. The van der Waals surface area contributed by atoms with E-state index in [0.29, 0.717) is 23.2 Å². The molecule has 9 heteroatoms. The van der Waals surface area contributed by atoms with Gasteiger partial charge in [0.15, 0.2) is 0 Å². The molecular formula is C22H25ClFN7. The number of piperidine rings is 1. The largest absolute Gasteiger partial charge is 0.346 e. The topological polar surface area (TPSA) is 78.5 Å². The Morgan fingerprint density at radius 3 is 2.97 bits per heavy atom. The normalized spacial score (nSPS) is 30.5. The summed E-state index contributed by atoms with van der Waals surface area (Å²) in [6.07, 6.45) is 4.94. The number of halogens is 2. The van der Waals surface area contributed by atoms with Gasteiger partial charge >= 0.3 is 0 Å². The van der Waals surface area contributed by atoms with Crippen LogP contribution in [0.25, 0.3) is 22.0 Å². The zero-order valence-electron chi connectivity index (χ0n) is 18.4. The number of hydrogen-bond acceptors (Lipinski definition) is 5. The Bertz CT molecular complexity index is 1250. The minimum atomic E-state index is -1.08. The number of aliphatic imine (C=N–C) groups is 1. The highest BCUT2D eigenvalue weighted by atomic mass is 35.5. The number of aromatic nitrogens is 3. The third-order valence-electron chi connectivity index (χ3n) is 6.88. The van der Waals surface area contributed by atoms with Crippen molar-refractivity contribution in [3.05, 3.63) is 35.1 Å². The van der Waals surface area contributed by atoms with E-state index in [-0.39, 0.29) is 12.1 Å². The van der Waals surface area contributed by atoms with E-state index < -0.39 is 18.7 Å². The Labute approximate surface area is 186 Å². The molecule has 2 bridgehead atoms. The Hall–Kier alpha value is -2.58. The fourth-order valence-corrected chi connectivity index (χ4v) is 5.73. The molecule has 3 aliphatic rings. The second-order valence-corrected chi connectivity index (χ2v) is 9.21. The molecule has 2 aromatic heterocycles. The number of aryl methyl sites for hydroxylation is 1. The van der Waals surface area contributed by atoms with E-state index in [1.165, 1.54) is 0 Å². The van der Waals surface area contributed by atoms with E-state index in [4.69, 9.17) is 23.7 Å². The zero-order chi connectivity index (χ0) is 22.3. The highest BCUT2D eigenvalue weighted by molar-refractivity contribution is 6.38. The van der Waals surface area contributed by atoms with E-state index in [9.17, 15) is 4.39 Å². The molecule has 5 heterocycles. The van der Waals surface area contributed by atoms with Crippen molar-refractivity contribution in [3.63, 3.8) is 0 Å². The lowest BCUT2D eigenvalue weighted by Crippen LogP contribution is -2.60. The van der Waals surface area contributed by atoms with Gasteiger partial charge in [-0.25, -0.2) is 4.39 Å². The molecule has 5 atom stereocenters. The molecule has 0 saturated carbocycles. The van der Waals surface area contributed by atoms with Crippen molar-refractivity contribution in [1.29, 1.82) is 0 Å². The summed E-state index contributed by atoms with van der Waals surface area (Å²) >= 11 is 6.76. The number of rotatable bonds is 1. The SMILES string of the molecule is [2H][C@@H]1c2c(-c3ccc4nn(C)cc4c3Cl)c[nH]c2N=C(N2[C@@H]3CC[C@H]2[C@H](F)[C@H](N)C3)N1C. The summed E-state index contributed by atoms with van der Waals surface area (Å²) in [6.45, 7) is -0.701. The van der Waals surface area contributed by atoms with Crippen LogP contribution in [0.2, 0.25) is 5.02 Å². The van der Waals surface area contributed by atoms with Gasteiger partial charge < -0.3 is 20.5 Å². The fraction of sp³-hybridized carbons (Fsp3) is 0.455. The third kappa shape index (κ3) is 2.74.